The topological polar surface area (TPSA) is 75.4 Å². The van der Waals surface area contributed by atoms with Crippen LogP contribution >= 0.6 is 11.3 Å². The van der Waals surface area contributed by atoms with Gasteiger partial charge < -0.3 is 14.3 Å². The molecule has 0 bridgehead atoms. The van der Waals surface area contributed by atoms with Crippen LogP contribution in [-0.4, -0.2) is 52.1 Å². The van der Waals surface area contributed by atoms with Gasteiger partial charge >= 0.3 is 12.1 Å². The predicted octanol–water partition coefficient (Wildman–Crippen LogP) is 3.17. The molecule has 4 heterocycles. The molecule has 7 nitrogen and oxygen atoms in total. The van der Waals surface area contributed by atoms with Crippen LogP contribution in [0, 0.1) is 0 Å². The fourth-order valence-corrected chi connectivity index (χ4v) is 3.50. The maximum Gasteiger partial charge on any atom is 0.471 e. The monoisotopic (exact) mass is 409 g/mol. The van der Waals surface area contributed by atoms with Crippen molar-refractivity contribution in [3.63, 3.8) is 0 Å². The summed E-state index contributed by atoms with van der Waals surface area (Å²) in [5.41, 5.74) is 1.02. The number of anilines is 1. The quantitative estimate of drug-likeness (QED) is 0.662. The first-order chi connectivity index (χ1) is 13.4. The summed E-state index contributed by atoms with van der Waals surface area (Å²) in [6.07, 6.45) is -3.28. The van der Waals surface area contributed by atoms with Gasteiger partial charge in [-0.3, -0.25) is 4.79 Å². The fraction of sp³-hybridized carbons (Fsp3) is 0.294. The minimum Gasteiger partial charge on any atom is -0.353 e. The average molecular weight is 409 g/mol. The van der Waals surface area contributed by atoms with Gasteiger partial charge in [0.15, 0.2) is 0 Å². The Balaban J connectivity index is 1.40. The number of carbonyl (C=O) groups excluding carboxylic acids is 1. The number of amides is 1. The van der Waals surface area contributed by atoms with Crippen molar-refractivity contribution < 1.29 is 22.5 Å². The van der Waals surface area contributed by atoms with Gasteiger partial charge in [0.2, 0.25) is 5.82 Å². The first-order valence-corrected chi connectivity index (χ1v) is 9.30. The number of pyridine rings is 1. The van der Waals surface area contributed by atoms with Crippen molar-refractivity contribution in [1.29, 1.82) is 0 Å². The molecule has 0 aromatic carbocycles. The first-order valence-electron chi connectivity index (χ1n) is 8.35. The first kappa shape index (κ1) is 18.4. The van der Waals surface area contributed by atoms with Gasteiger partial charge in [-0.1, -0.05) is 5.16 Å². The second kappa shape index (κ2) is 7.23. The summed E-state index contributed by atoms with van der Waals surface area (Å²) < 4.78 is 41.9. The highest BCUT2D eigenvalue weighted by atomic mass is 32.1. The van der Waals surface area contributed by atoms with Crippen molar-refractivity contribution in [2.24, 2.45) is 0 Å². The Hall–Kier alpha value is -2.95. The number of hydrogen-bond acceptors (Lipinski definition) is 7. The van der Waals surface area contributed by atoms with Crippen LogP contribution in [0.3, 0.4) is 0 Å². The van der Waals surface area contributed by atoms with Crippen LogP contribution in [0.1, 0.15) is 16.2 Å². The van der Waals surface area contributed by atoms with E-state index in [1.807, 2.05) is 21.7 Å². The number of aromatic nitrogens is 3. The number of thiophene rings is 1. The third-order valence-electron chi connectivity index (χ3n) is 4.33. The van der Waals surface area contributed by atoms with Gasteiger partial charge in [-0.25, -0.2) is 4.98 Å². The molecule has 28 heavy (non-hydrogen) atoms. The zero-order valence-corrected chi connectivity index (χ0v) is 15.2. The molecule has 4 rings (SSSR count). The summed E-state index contributed by atoms with van der Waals surface area (Å²) in [5, 5.41) is 7.05. The number of nitrogens with zero attached hydrogens (tertiary/aromatic N) is 5. The smallest absolute Gasteiger partial charge is 0.353 e. The minimum absolute atomic E-state index is 0.0155. The van der Waals surface area contributed by atoms with Crippen molar-refractivity contribution in [2.45, 2.75) is 6.18 Å². The Bertz CT molecular complexity index is 948. The van der Waals surface area contributed by atoms with Gasteiger partial charge in [0.25, 0.3) is 5.91 Å². The number of carbonyl (C=O) groups is 1. The molecule has 0 radical (unpaired) electrons. The van der Waals surface area contributed by atoms with Gasteiger partial charge in [-0.2, -0.15) is 29.5 Å². The summed E-state index contributed by atoms with van der Waals surface area (Å²) in [6.45, 7) is 2.36. The molecule has 0 atom stereocenters. The highest BCUT2D eigenvalue weighted by Crippen LogP contribution is 2.29. The molecule has 3 aromatic rings. The lowest BCUT2D eigenvalue weighted by atomic mass is 10.2. The van der Waals surface area contributed by atoms with E-state index in [1.54, 1.807) is 17.0 Å². The van der Waals surface area contributed by atoms with Crippen molar-refractivity contribution in [3.8, 4) is 11.4 Å². The van der Waals surface area contributed by atoms with E-state index in [9.17, 15) is 18.0 Å². The SMILES string of the molecule is O=C(c1ccsc1)N1CCN(c2ccc(-c3noc(C(F)(F)F)n3)cn2)CC1. The Kier molecular flexibility index (Phi) is 4.75. The lowest BCUT2D eigenvalue weighted by Crippen LogP contribution is -2.49. The molecule has 3 aromatic heterocycles. The number of piperazine rings is 1. The van der Waals surface area contributed by atoms with E-state index >= 15 is 0 Å². The van der Waals surface area contributed by atoms with Gasteiger partial charge in [-0.05, 0) is 23.6 Å². The Morgan fingerprint density at radius 3 is 2.50 bits per heavy atom. The molecule has 1 saturated heterocycles. The van der Waals surface area contributed by atoms with Crippen LogP contribution in [0.5, 0.6) is 0 Å². The number of alkyl halides is 3. The van der Waals surface area contributed by atoms with Crippen LogP contribution in [-0.2, 0) is 6.18 Å². The van der Waals surface area contributed by atoms with Crippen LogP contribution in [0.15, 0.2) is 39.7 Å². The van der Waals surface area contributed by atoms with Crippen LogP contribution in [0.2, 0.25) is 0 Å². The predicted molar refractivity (Wildman–Crippen MR) is 95.0 cm³/mol. The van der Waals surface area contributed by atoms with Crippen molar-refractivity contribution in [2.75, 3.05) is 31.1 Å². The summed E-state index contributed by atoms with van der Waals surface area (Å²) in [7, 11) is 0. The lowest BCUT2D eigenvalue weighted by molar-refractivity contribution is -0.159. The van der Waals surface area contributed by atoms with Gasteiger partial charge in [-0.15, -0.1) is 0 Å². The lowest BCUT2D eigenvalue weighted by Gasteiger charge is -2.35. The molecule has 11 heteroatoms. The summed E-state index contributed by atoms with van der Waals surface area (Å²) in [5.74, 6) is -0.872. The second-order valence-electron chi connectivity index (χ2n) is 6.12. The normalized spacial score (nSPS) is 15.1. The maximum atomic E-state index is 12.6. The molecule has 146 valence electrons. The van der Waals surface area contributed by atoms with Gasteiger partial charge in [0, 0.05) is 43.3 Å². The third-order valence-corrected chi connectivity index (χ3v) is 5.02. The molecule has 1 amide bonds. The standard InChI is InChI=1S/C17H14F3N5O2S/c18-17(19,20)16-22-14(23-27-16)11-1-2-13(21-9-11)24-4-6-25(7-5-24)15(26)12-3-8-28-10-12/h1-3,8-10H,4-7H2. The fourth-order valence-electron chi connectivity index (χ4n) is 2.87. The van der Waals surface area contributed by atoms with Gasteiger partial charge in [0.05, 0.1) is 5.56 Å². The molecule has 0 aliphatic carbocycles. The van der Waals surface area contributed by atoms with Crippen LogP contribution in [0.25, 0.3) is 11.4 Å². The molecule has 0 unspecified atom stereocenters. The number of halogens is 3. The molecular formula is C17H14F3N5O2S. The Morgan fingerprint density at radius 2 is 1.93 bits per heavy atom. The van der Waals surface area contributed by atoms with Crippen LogP contribution in [0.4, 0.5) is 19.0 Å². The van der Waals surface area contributed by atoms with Crippen molar-refractivity contribution in [3.05, 3.63) is 46.6 Å². The van der Waals surface area contributed by atoms with Crippen LogP contribution < -0.4 is 4.90 Å². The van der Waals surface area contributed by atoms with E-state index in [0.29, 0.717) is 43.1 Å². The Labute approximate surface area is 161 Å². The second-order valence-corrected chi connectivity index (χ2v) is 6.90. The summed E-state index contributed by atoms with van der Waals surface area (Å²) in [4.78, 5) is 23.8. The van der Waals surface area contributed by atoms with E-state index < -0.39 is 12.1 Å². The van der Waals surface area contributed by atoms with Crippen molar-refractivity contribution >= 4 is 23.1 Å². The van der Waals surface area contributed by atoms with E-state index in [-0.39, 0.29) is 11.7 Å². The van der Waals surface area contributed by atoms with Gasteiger partial charge in [0.1, 0.15) is 5.82 Å². The average Bonchev–Trinajstić information content (AvgIpc) is 3.39. The maximum absolute atomic E-state index is 12.6. The summed E-state index contributed by atoms with van der Waals surface area (Å²) in [6, 6.07) is 5.09. The van der Waals surface area contributed by atoms with E-state index in [2.05, 4.69) is 19.6 Å². The number of rotatable bonds is 3. The van der Waals surface area contributed by atoms with E-state index in [1.165, 1.54) is 17.5 Å². The molecule has 1 aliphatic heterocycles. The number of hydrogen-bond donors (Lipinski definition) is 0. The summed E-state index contributed by atoms with van der Waals surface area (Å²) >= 11 is 1.48. The molecule has 0 saturated carbocycles. The molecule has 0 N–H and O–H groups in total. The van der Waals surface area contributed by atoms with Crippen molar-refractivity contribution in [1.82, 2.24) is 20.0 Å². The molecule has 0 spiro atoms. The third kappa shape index (κ3) is 3.70. The zero-order valence-electron chi connectivity index (χ0n) is 14.4. The molecular weight excluding hydrogens is 395 g/mol. The molecule has 1 fully saturated rings. The largest absolute Gasteiger partial charge is 0.471 e. The Morgan fingerprint density at radius 1 is 1.14 bits per heavy atom. The zero-order chi connectivity index (χ0) is 19.7. The molecule has 1 aliphatic rings. The minimum atomic E-state index is -4.68. The highest BCUT2D eigenvalue weighted by molar-refractivity contribution is 7.08. The van der Waals surface area contributed by atoms with E-state index in [0.717, 1.165) is 0 Å². The van der Waals surface area contributed by atoms with E-state index in [4.69, 9.17) is 0 Å². The highest BCUT2D eigenvalue weighted by Gasteiger charge is 2.38.